The predicted octanol–water partition coefficient (Wildman–Crippen LogP) is 2.48. The Hall–Kier alpha value is -1.97. The number of aryl methyl sites for hydroxylation is 1. The molecule has 3 rings (SSSR count). The van der Waals surface area contributed by atoms with Crippen LogP contribution < -0.4 is 4.90 Å². The van der Waals surface area contributed by atoms with Gasteiger partial charge in [0.1, 0.15) is 5.82 Å². The molecule has 2 heterocycles. The van der Waals surface area contributed by atoms with Crippen LogP contribution in [-0.4, -0.2) is 29.0 Å². The first kappa shape index (κ1) is 12.1. The lowest BCUT2D eigenvalue weighted by Gasteiger charge is -2.22. The van der Waals surface area contributed by atoms with Gasteiger partial charge in [-0.3, -0.25) is 4.98 Å². The molecule has 2 aromatic heterocycles. The van der Waals surface area contributed by atoms with Crippen molar-refractivity contribution < 1.29 is 0 Å². The number of hydrogen-bond donors (Lipinski definition) is 0. The van der Waals surface area contributed by atoms with E-state index in [1.54, 1.807) is 12.4 Å². The molecule has 0 N–H and O–H groups in total. The van der Waals surface area contributed by atoms with Crippen LogP contribution in [0.15, 0.2) is 24.5 Å². The van der Waals surface area contributed by atoms with Crippen molar-refractivity contribution in [1.82, 2.24) is 15.0 Å². The second-order valence-electron chi connectivity index (χ2n) is 5.13. The number of nitrogens with zero attached hydrogens (tertiary/aromatic N) is 4. The molecule has 2 aromatic rings. The highest BCUT2D eigenvalue weighted by atomic mass is 15.2. The molecule has 0 bridgehead atoms. The van der Waals surface area contributed by atoms with Crippen molar-refractivity contribution in [2.45, 2.75) is 25.7 Å². The Bertz CT molecular complexity index is 578. The summed E-state index contributed by atoms with van der Waals surface area (Å²) in [5.41, 5.74) is 3.58. The van der Waals surface area contributed by atoms with Crippen molar-refractivity contribution in [3.8, 4) is 11.4 Å². The number of pyridine rings is 1. The molecule has 0 spiro atoms. The monoisotopic (exact) mass is 254 g/mol. The Morgan fingerprint density at radius 3 is 2.47 bits per heavy atom. The molecule has 0 radical (unpaired) electrons. The number of fused-ring (bicyclic) bond motifs is 1. The highest BCUT2D eigenvalue weighted by Crippen LogP contribution is 2.29. The second kappa shape index (κ2) is 4.96. The summed E-state index contributed by atoms with van der Waals surface area (Å²) in [6, 6.07) is 3.92. The van der Waals surface area contributed by atoms with E-state index >= 15 is 0 Å². The molecule has 1 aliphatic carbocycles. The molecule has 0 amide bonds. The van der Waals surface area contributed by atoms with Crippen LogP contribution in [-0.2, 0) is 12.8 Å². The van der Waals surface area contributed by atoms with Gasteiger partial charge >= 0.3 is 0 Å². The van der Waals surface area contributed by atoms with Crippen LogP contribution in [0.3, 0.4) is 0 Å². The number of hydrogen-bond acceptors (Lipinski definition) is 4. The third-order valence-corrected chi connectivity index (χ3v) is 3.52. The summed E-state index contributed by atoms with van der Waals surface area (Å²) in [6.07, 6.45) is 8.20. The third kappa shape index (κ3) is 2.30. The number of aromatic nitrogens is 3. The molecule has 4 heteroatoms. The SMILES string of the molecule is CN(C)c1nc(-c2ccncc2)nc2c1CCCC2. The van der Waals surface area contributed by atoms with Gasteiger partial charge in [-0.15, -0.1) is 0 Å². The molecule has 0 fully saturated rings. The summed E-state index contributed by atoms with van der Waals surface area (Å²) in [5.74, 6) is 1.88. The fraction of sp³-hybridized carbons (Fsp3) is 0.400. The summed E-state index contributed by atoms with van der Waals surface area (Å²) in [6.45, 7) is 0. The topological polar surface area (TPSA) is 41.9 Å². The maximum absolute atomic E-state index is 4.76. The fourth-order valence-electron chi connectivity index (χ4n) is 2.57. The first-order valence-electron chi connectivity index (χ1n) is 6.73. The van der Waals surface area contributed by atoms with Gasteiger partial charge in [-0.1, -0.05) is 0 Å². The Kier molecular flexibility index (Phi) is 3.15. The molecular formula is C15H18N4. The van der Waals surface area contributed by atoms with Crippen LogP contribution in [0.4, 0.5) is 5.82 Å². The molecule has 0 saturated carbocycles. The van der Waals surface area contributed by atoms with E-state index in [0.717, 1.165) is 30.0 Å². The van der Waals surface area contributed by atoms with Crippen LogP contribution in [0.1, 0.15) is 24.1 Å². The smallest absolute Gasteiger partial charge is 0.161 e. The van der Waals surface area contributed by atoms with Gasteiger partial charge in [0.25, 0.3) is 0 Å². The van der Waals surface area contributed by atoms with Crippen molar-refractivity contribution in [3.05, 3.63) is 35.8 Å². The lowest BCUT2D eigenvalue weighted by molar-refractivity contribution is 0.662. The lowest BCUT2D eigenvalue weighted by atomic mass is 9.96. The second-order valence-corrected chi connectivity index (χ2v) is 5.13. The zero-order valence-corrected chi connectivity index (χ0v) is 11.4. The van der Waals surface area contributed by atoms with Gasteiger partial charge in [0.2, 0.25) is 0 Å². The molecule has 0 aromatic carbocycles. The van der Waals surface area contributed by atoms with E-state index in [-0.39, 0.29) is 0 Å². The molecule has 4 nitrogen and oxygen atoms in total. The molecule has 1 aliphatic rings. The van der Waals surface area contributed by atoms with Crippen molar-refractivity contribution in [2.75, 3.05) is 19.0 Å². The van der Waals surface area contributed by atoms with Gasteiger partial charge in [0, 0.05) is 43.3 Å². The van der Waals surface area contributed by atoms with Crippen molar-refractivity contribution >= 4 is 5.82 Å². The van der Waals surface area contributed by atoms with Crippen LogP contribution in [0.2, 0.25) is 0 Å². The molecular weight excluding hydrogens is 236 g/mol. The average Bonchev–Trinajstić information content (AvgIpc) is 2.47. The molecule has 19 heavy (non-hydrogen) atoms. The normalized spacial score (nSPS) is 14.0. The largest absolute Gasteiger partial charge is 0.362 e. The van der Waals surface area contributed by atoms with Crippen LogP contribution in [0.25, 0.3) is 11.4 Å². The predicted molar refractivity (Wildman–Crippen MR) is 76.2 cm³/mol. The van der Waals surface area contributed by atoms with Gasteiger partial charge in [0.15, 0.2) is 5.82 Å². The summed E-state index contributed by atoms with van der Waals surface area (Å²) >= 11 is 0. The van der Waals surface area contributed by atoms with Crippen LogP contribution in [0, 0.1) is 0 Å². The zero-order chi connectivity index (χ0) is 13.2. The first-order valence-corrected chi connectivity index (χ1v) is 6.73. The van der Waals surface area contributed by atoms with E-state index in [1.165, 1.54) is 24.1 Å². The van der Waals surface area contributed by atoms with Gasteiger partial charge < -0.3 is 4.90 Å². The molecule has 0 aliphatic heterocycles. The van der Waals surface area contributed by atoms with E-state index in [2.05, 4.69) is 9.88 Å². The minimum absolute atomic E-state index is 0.812. The highest BCUT2D eigenvalue weighted by molar-refractivity contribution is 5.60. The lowest BCUT2D eigenvalue weighted by Crippen LogP contribution is -2.18. The minimum atomic E-state index is 0.812. The quantitative estimate of drug-likeness (QED) is 0.825. The maximum atomic E-state index is 4.76. The first-order chi connectivity index (χ1) is 9.25. The number of anilines is 1. The van der Waals surface area contributed by atoms with E-state index in [1.807, 2.05) is 26.2 Å². The molecule has 0 saturated heterocycles. The standard InChI is InChI=1S/C15H18N4/c1-19(2)15-12-5-3-4-6-13(12)17-14(18-15)11-7-9-16-10-8-11/h7-10H,3-6H2,1-2H3. The van der Waals surface area contributed by atoms with Crippen molar-refractivity contribution in [3.63, 3.8) is 0 Å². The van der Waals surface area contributed by atoms with E-state index in [0.29, 0.717) is 0 Å². The molecule has 98 valence electrons. The third-order valence-electron chi connectivity index (χ3n) is 3.52. The Labute approximate surface area is 113 Å². The van der Waals surface area contributed by atoms with E-state index < -0.39 is 0 Å². The minimum Gasteiger partial charge on any atom is -0.362 e. The Balaban J connectivity index is 2.14. The number of rotatable bonds is 2. The summed E-state index contributed by atoms with van der Waals surface area (Å²) in [4.78, 5) is 15.6. The summed E-state index contributed by atoms with van der Waals surface area (Å²) in [5, 5.41) is 0. The average molecular weight is 254 g/mol. The molecule has 0 unspecified atom stereocenters. The Morgan fingerprint density at radius 1 is 1.00 bits per heavy atom. The Morgan fingerprint density at radius 2 is 1.74 bits per heavy atom. The van der Waals surface area contributed by atoms with Crippen molar-refractivity contribution in [2.24, 2.45) is 0 Å². The van der Waals surface area contributed by atoms with Gasteiger partial charge in [-0.2, -0.15) is 0 Å². The van der Waals surface area contributed by atoms with E-state index in [4.69, 9.17) is 9.97 Å². The van der Waals surface area contributed by atoms with Gasteiger partial charge in [0.05, 0.1) is 0 Å². The van der Waals surface area contributed by atoms with Gasteiger partial charge in [-0.05, 0) is 37.8 Å². The van der Waals surface area contributed by atoms with Crippen molar-refractivity contribution in [1.29, 1.82) is 0 Å². The zero-order valence-electron chi connectivity index (χ0n) is 11.4. The fourth-order valence-corrected chi connectivity index (χ4v) is 2.57. The van der Waals surface area contributed by atoms with Gasteiger partial charge in [-0.25, -0.2) is 9.97 Å². The van der Waals surface area contributed by atoms with E-state index in [9.17, 15) is 0 Å². The highest BCUT2D eigenvalue weighted by Gasteiger charge is 2.19. The van der Waals surface area contributed by atoms with Crippen LogP contribution >= 0.6 is 0 Å². The van der Waals surface area contributed by atoms with Crippen LogP contribution in [0.5, 0.6) is 0 Å². The summed E-state index contributed by atoms with van der Waals surface area (Å²) in [7, 11) is 4.10. The summed E-state index contributed by atoms with van der Waals surface area (Å²) < 4.78 is 0. The maximum Gasteiger partial charge on any atom is 0.161 e. The molecule has 0 atom stereocenters.